The van der Waals surface area contributed by atoms with Crippen LogP contribution in [0.3, 0.4) is 0 Å². The Bertz CT molecular complexity index is 418. The van der Waals surface area contributed by atoms with Gasteiger partial charge in [-0.2, -0.15) is 0 Å². The molecule has 3 nitrogen and oxygen atoms in total. The quantitative estimate of drug-likeness (QED) is 0.846. The molecule has 0 fully saturated rings. The fourth-order valence-corrected chi connectivity index (χ4v) is 2.31. The predicted octanol–water partition coefficient (Wildman–Crippen LogP) is 3.44. The van der Waals surface area contributed by atoms with Gasteiger partial charge in [-0.05, 0) is 38.0 Å². The first-order valence-corrected chi connectivity index (χ1v) is 6.81. The van der Waals surface area contributed by atoms with Crippen LogP contribution >= 0.6 is 15.9 Å². The fourth-order valence-electron chi connectivity index (χ4n) is 1.89. The third-order valence-electron chi connectivity index (χ3n) is 2.89. The number of benzene rings is 1. The minimum absolute atomic E-state index is 0.122. The summed E-state index contributed by atoms with van der Waals surface area (Å²) in [6, 6.07) is 8.22. The van der Waals surface area contributed by atoms with Crippen molar-refractivity contribution in [1.29, 1.82) is 0 Å². The summed E-state index contributed by atoms with van der Waals surface area (Å²) in [5.41, 5.74) is 0.460. The monoisotopic (exact) mass is 313 g/mol. The highest BCUT2D eigenvalue weighted by Crippen LogP contribution is 2.23. The molecule has 0 spiro atoms. The number of rotatable bonds is 5. The topological polar surface area (TPSA) is 38.3 Å². The molecule has 0 aliphatic carbocycles. The number of ether oxygens (including phenoxy) is 1. The van der Waals surface area contributed by atoms with Gasteiger partial charge >= 0.3 is 5.97 Å². The normalized spacial score (nSPS) is 13.2. The lowest BCUT2D eigenvalue weighted by atomic mass is 9.98. The molecule has 0 heterocycles. The van der Waals surface area contributed by atoms with Crippen molar-refractivity contribution in [2.75, 3.05) is 7.11 Å². The fraction of sp³-hybridized carbons (Fsp3) is 0.500. The minimum atomic E-state index is -0.697. The molecule has 1 unspecified atom stereocenters. The smallest absolute Gasteiger partial charge is 0.325 e. The summed E-state index contributed by atoms with van der Waals surface area (Å²) < 4.78 is 5.85. The Hall–Kier alpha value is -0.870. The van der Waals surface area contributed by atoms with Crippen LogP contribution in [-0.4, -0.2) is 18.6 Å². The van der Waals surface area contributed by atoms with Crippen LogP contribution in [0.2, 0.25) is 0 Å². The number of nitrogens with one attached hydrogen (secondary N) is 1. The number of methoxy groups -OCH3 is 1. The molecule has 0 saturated carbocycles. The van der Waals surface area contributed by atoms with Crippen molar-refractivity contribution < 1.29 is 9.53 Å². The van der Waals surface area contributed by atoms with Crippen molar-refractivity contribution in [2.24, 2.45) is 0 Å². The molecule has 18 heavy (non-hydrogen) atoms. The van der Waals surface area contributed by atoms with E-state index in [1.54, 1.807) is 0 Å². The van der Waals surface area contributed by atoms with Crippen molar-refractivity contribution in [3.05, 3.63) is 34.3 Å². The molecule has 0 radical (unpaired) electrons. The Labute approximate surface area is 117 Å². The molecule has 1 atom stereocenters. The van der Waals surface area contributed by atoms with E-state index in [1.165, 1.54) is 7.11 Å². The second-order valence-corrected chi connectivity index (χ2v) is 5.69. The van der Waals surface area contributed by atoms with E-state index in [4.69, 9.17) is 4.74 Å². The van der Waals surface area contributed by atoms with E-state index in [1.807, 2.05) is 26.0 Å². The zero-order valence-corrected chi connectivity index (χ0v) is 12.9. The largest absolute Gasteiger partial charge is 0.468 e. The number of carbonyl (C=O) groups excluding carboxylic acids is 1. The maximum atomic E-state index is 11.7. The van der Waals surface area contributed by atoms with E-state index >= 15 is 0 Å². The highest BCUT2D eigenvalue weighted by Gasteiger charge is 2.31. The van der Waals surface area contributed by atoms with Crippen LogP contribution in [0.15, 0.2) is 28.7 Å². The molecular formula is C14H20BrNO2. The third kappa shape index (κ3) is 3.82. The van der Waals surface area contributed by atoms with Gasteiger partial charge in [-0.3, -0.25) is 10.1 Å². The average molecular weight is 314 g/mol. The summed E-state index contributed by atoms with van der Waals surface area (Å²) in [6.45, 7) is 5.75. The molecule has 1 N–H and O–H groups in total. The van der Waals surface area contributed by atoms with Gasteiger partial charge < -0.3 is 4.74 Å². The van der Waals surface area contributed by atoms with Crippen LogP contribution in [0.25, 0.3) is 0 Å². The van der Waals surface area contributed by atoms with Crippen LogP contribution in [0.1, 0.15) is 38.8 Å². The third-order valence-corrected chi connectivity index (χ3v) is 3.38. The van der Waals surface area contributed by atoms with Crippen molar-refractivity contribution in [3.63, 3.8) is 0 Å². The van der Waals surface area contributed by atoms with Gasteiger partial charge in [-0.25, -0.2) is 0 Å². The molecule has 4 heteroatoms. The van der Waals surface area contributed by atoms with Gasteiger partial charge in [-0.1, -0.05) is 35.0 Å². The van der Waals surface area contributed by atoms with E-state index in [9.17, 15) is 4.79 Å². The van der Waals surface area contributed by atoms with Crippen LogP contribution < -0.4 is 5.32 Å². The Morgan fingerprint density at radius 1 is 1.50 bits per heavy atom. The van der Waals surface area contributed by atoms with Crippen molar-refractivity contribution in [2.45, 2.75) is 38.8 Å². The van der Waals surface area contributed by atoms with Gasteiger partial charge in [0.05, 0.1) is 7.11 Å². The van der Waals surface area contributed by atoms with E-state index < -0.39 is 5.54 Å². The van der Waals surface area contributed by atoms with Gasteiger partial charge in [0, 0.05) is 10.5 Å². The second kappa shape index (κ2) is 6.34. The highest BCUT2D eigenvalue weighted by molar-refractivity contribution is 9.10. The predicted molar refractivity (Wildman–Crippen MR) is 76.4 cm³/mol. The Balaban J connectivity index is 2.89. The summed E-state index contributed by atoms with van der Waals surface area (Å²) in [5.74, 6) is -0.254. The first-order valence-electron chi connectivity index (χ1n) is 6.02. The SMILES string of the molecule is CCC(NC(C)(C)C(=O)OC)c1cccc(Br)c1. The molecule has 1 aromatic carbocycles. The van der Waals surface area contributed by atoms with Gasteiger partial charge in [0.25, 0.3) is 0 Å². The molecule has 0 bridgehead atoms. The van der Waals surface area contributed by atoms with Gasteiger partial charge in [-0.15, -0.1) is 0 Å². The standard InChI is InChI=1S/C14H20BrNO2/c1-5-12(10-7-6-8-11(15)9-10)16-14(2,3)13(17)18-4/h6-9,12,16H,5H2,1-4H3. The zero-order chi connectivity index (χ0) is 13.8. The molecule has 0 aliphatic rings. The molecule has 1 aromatic rings. The van der Waals surface area contributed by atoms with E-state index in [2.05, 4.69) is 40.3 Å². The minimum Gasteiger partial charge on any atom is -0.468 e. The molecule has 0 saturated heterocycles. The average Bonchev–Trinajstić information content (AvgIpc) is 2.34. The zero-order valence-electron chi connectivity index (χ0n) is 11.3. The van der Waals surface area contributed by atoms with Crippen LogP contribution in [0.5, 0.6) is 0 Å². The molecular weight excluding hydrogens is 294 g/mol. The van der Waals surface area contributed by atoms with Gasteiger partial charge in [0.2, 0.25) is 0 Å². The van der Waals surface area contributed by atoms with E-state index in [0.717, 1.165) is 16.5 Å². The summed E-state index contributed by atoms with van der Waals surface area (Å²) in [7, 11) is 1.41. The molecule has 0 aromatic heterocycles. The van der Waals surface area contributed by atoms with E-state index in [0.29, 0.717) is 0 Å². The number of halogens is 1. The number of hydrogen-bond acceptors (Lipinski definition) is 3. The van der Waals surface area contributed by atoms with E-state index in [-0.39, 0.29) is 12.0 Å². The molecule has 0 aliphatic heterocycles. The molecule has 100 valence electrons. The second-order valence-electron chi connectivity index (χ2n) is 4.78. The van der Waals surface area contributed by atoms with Crippen LogP contribution in [-0.2, 0) is 9.53 Å². The lowest BCUT2D eigenvalue weighted by Crippen LogP contribution is -2.48. The van der Waals surface area contributed by atoms with Gasteiger partial charge in [0.15, 0.2) is 0 Å². The Morgan fingerprint density at radius 3 is 2.67 bits per heavy atom. The maximum Gasteiger partial charge on any atom is 0.325 e. The van der Waals surface area contributed by atoms with Crippen molar-refractivity contribution >= 4 is 21.9 Å². The summed E-state index contributed by atoms with van der Waals surface area (Å²) in [4.78, 5) is 11.7. The first-order chi connectivity index (χ1) is 8.40. The van der Waals surface area contributed by atoms with Crippen molar-refractivity contribution in [1.82, 2.24) is 5.32 Å². The van der Waals surface area contributed by atoms with Crippen LogP contribution in [0, 0.1) is 0 Å². The highest BCUT2D eigenvalue weighted by atomic mass is 79.9. The molecule has 0 amide bonds. The number of esters is 1. The van der Waals surface area contributed by atoms with Crippen molar-refractivity contribution in [3.8, 4) is 0 Å². The Morgan fingerprint density at radius 2 is 2.17 bits per heavy atom. The lowest BCUT2D eigenvalue weighted by molar-refractivity contribution is -0.147. The number of carbonyl (C=O) groups is 1. The lowest BCUT2D eigenvalue weighted by Gasteiger charge is -2.29. The number of hydrogen-bond donors (Lipinski definition) is 1. The summed E-state index contributed by atoms with van der Waals surface area (Å²) in [5, 5.41) is 3.34. The molecule has 1 rings (SSSR count). The first kappa shape index (κ1) is 15.2. The van der Waals surface area contributed by atoms with Gasteiger partial charge in [0.1, 0.15) is 5.54 Å². The summed E-state index contributed by atoms with van der Waals surface area (Å²) >= 11 is 3.46. The maximum absolute atomic E-state index is 11.7. The van der Waals surface area contributed by atoms with Crippen LogP contribution in [0.4, 0.5) is 0 Å². The Kier molecular flexibility index (Phi) is 5.35. The summed E-state index contributed by atoms with van der Waals surface area (Å²) in [6.07, 6.45) is 0.900.